The standard InChI is InChI=1S/C27H32F2N6OS/c1-37(36)31-20-5-6-23(25(17-20)34-13-9-26(7-8-26)10-14-34)24-19-35(32-30-24)22-4-2-3-21(18-22)33-15-11-27(28,29)12-16-33/h2-6,17-19,31H,7-16H2,1H3. The van der Waals surface area contributed by atoms with Crippen molar-refractivity contribution in [2.45, 2.75) is 44.4 Å². The maximum Gasteiger partial charge on any atom is 0.251 e. The Morgan fingerprint density at radius 2 is 1.59 bits per heavy atom. The Hall–Kier alpha value is -3.01. The molecule has 0 amide bonds. The predicted octanol–water partition coefficient (Wildman–Crippen LogP) is 5.26. The van der Waals surface area contributed by atoms with Crippen LogP contribution < -0.4 is 14.5 Å². The van der Waals surface area contributed by atoms with Gasteiger partial charge in [-0.05, 0) is 67.5 Å². The van der Waals surface area contributed by atoms with Crippen molar-refractivity contribution in [2.75, 3.05) is 47.0 Å². The van der Waals surface area contributed by atoms with E-state index >= 15 is 0 Å². The smallest absolute Gasteiger partial charge is 0.251 e. The van der Waals surface area contributed by atoms with Gasteiger partial charge in [0.15, 0.2) is 0 Å². The molecule has 10 heteroatoms. The number of benzene rings is 2. The monoisotopic (exact) mass is 526 g/mol. The molecule has 1 atom stereocenters. The Bertz CT molecular complexity index is 1300. The lowest BCUT2D eigenvalue weighted by Gasteiger charge is -2.35. The summed E-state index contributed by atoms with van der Waals surface area (Å²) < 4.78 is 43.8. The van der Waals surface area contributed by atoms with Crippen LogP contribution >= 0.6 is 0 Å². The number of anilines is 3. The van der Waals surface area contributed by atoms with Gasteiger partial charge in [0.25, 0.3) is 5.92 Å². The quantitative estimate of drug-likeness (QED) is 0.475. The second-order valence-corrected chi connectivity index (χ2v) is 11.8. The first-order valence-electron chi connectivity index (χ1n) is 12.9. The summed E-state index contributed by atoms with van der Waals surface area (Å²) in [5, 5.41) is 8.91. The molecule has 0 radical (unpaired) electrons. The highest BCUT2D eigenvalue weighted by Gasteiger charge is 2.44. The highest BCUT2D eigenvalue weighted by molar-refractivity contribution is 7.85. The van der Waals surface area contributed by atoms with Crippen LogP contribution in [0.1, 0.15) is 38.5 Å². The molecule has 1 unspecified atom stereocenters. The summed E-state index contributed by atoms with van der Waals surface area (Å²) in [5.74, 6) is -2.57. The molecule has 1 spiro atoms. The zero-order valence-electron chi connectivity index (χ0n) is 21.0. The van der Waals surface area contributed by atoms with Gasteiger partial charge in [-0.1, -0.05) is 11.3 Å². The number of hydrogen-bond donors (Lipinski definition) is 1. The Morgan fingerprint density at radius 3 is 2.30 bits per heavy atom. The van der Waals surface area contributed by atoms with E-state index in [0.29, 0.717) is 18.5 Å². The lowest BCUT2D eigenvalue weighted by molar-refractivity contribution is -0.0220. The maximum atomic E-state index is 13.6. The maximum absolute atomic E-state index is 13.6. The van der Waals surface area contributed by atoms with E-state index in [1.54, 1.807) is 10.9 Å². The summed E-state index contributed by atoms with van der Waals surface area (Å²) in [7, 11) is -1.16. The Labute approximate surface area is 218 Å². The summed E-state index contributed by atoms with van der Waals surface area (Å²) in [6.45, 7) is 2.67. The van der Waals surface area contributed by atoms with Crippen LogP contribution in [0.25, 0.3) is 16.9 Å². The SMILES string of the molecule is CS(=O)Nc1ccc(-c2cn(-c3cccc(N4CCC(F)(F)CC4)c3)nn2)c(N2CCC3(CC2)CC3)c1. The zero-order chi connectivity index (χ0) is 25.6. The van der Waals surface area contributed by atoms with Crippen molar-refractivity contribution >= 4 is 28.0 Å². The molecular formula is C27H32F2N6OS. The van der Waals surface area contributed by atoms with Crippen LogP contribution in [0.3, 0.4) is 0 Å². The van der Waals surface area contributed by atoms with Crippen molar-refractivity contribution in [1.82, 2.24) is 15.0 Å². The number of halogens is 2. The molecule has 2 aliphatic heterocycles. The molecule has 3 fully saturated rings. The molecule has 2 aromatic carbocycles. The fourth-order valence-corrected chi connectivity index (χ4v) is 6.03. The first-order valence-corrected chi connectivity index (χ1v) is 14.5. The van der Waals surface area contributed by atoms with Crippen molar-refractivity contribution in [3.8, 4) is 16.9 Å². The summed E-state index contributed by atoms with van der Waals surface area (Å²) in [6.07, 6.45) is 8.38. The van der Waals surface area contributed by atoms with Crippen LogP contribution in [0.2, 0.25) is 0 Å². The minimum Gasteiger partial charge on any atom is -0.371 e. The Morgan fingerprint density at radius 1 is 0.892 bits per heavy atom. The van der Waals surface area contributed by atoms with Gasteiger partial charge in [0.1, 0.15) is 16.7 Å². The van der Waals surface area contributed by atoms with Gasteiger partial charge >= 0.3 is 0 Å². The number of nitrogens with one attached hydrogen (secondary N) is 1. The normalized spacial score (nSPS) is 21.2. The van der Waals surface area contributed by atoms with E-state index < -0.39 is 16.9 Å². The molecule has 3 heterocycles. The number of nitrogens with zero attached hydrogens (tertiary/aromatic N) is 5. The highest BCUT2D eigenvalue weighted by Crippen LogP contribution is 2.54. The van der Waals surface area contributed by atoms with Gasteiger partial charge < -0.3 is 14.5 Å². The molecule has 37 heavy (non-hydrogen) atoms. The number of aromatic nitrogens is 3. The summed E-state index contributed by atoms with van der Waals surface area (Å²) in [6, 6.07) is 13.8. The fraction of sp³-hybridized carbons (Fsp3) is 0.481. The van der Waals surface area contributed by atoms with Crippen molar-refractivity contribution < 1.29 is 13.0 Å². The molecule has 1 aromatic heterocycles. The number of alkyl halides is 2. The molecule has 1 aliphatic carbocycles. The van der Waals surface area contributed by atoms with Gasteiger partial charge in [-0.3, -0.25) is 0 Å². The van der Waals surface area contributed by atoms with Crippen LogP contribution in [0.5, 0.6) is 0 Å². The van der Waals surface area contributed by atoms with Crippen molar-refractivity contribution in [3.63, 3.8) is 0 Å². The van der Waals surface area contributed by atoms with Crippen molar-refractivity contribution in [1.29, 1.82) is 0 Å². The van der Waals surface area contributed by atoms with Crippen LogP contribution in [-0.2, 0) is 11.0 Å². The van der Waals surface area contributed by atoms with Crippen LogP contribution in [-0.4, -0.2) is 57.6 Å². The summed E-state index contributed by atoms with van der Waals surface area (Å²) >= 11 is 0. The van der Waals surface area contributed by atoms with Gasteiger partial charge in [0, 0.05) is 67.9 Å². The predicted molar refractivity (Wildman–Crippen MR) is 144 cm³/mol. The van der Waals surface area contributed by atoms with E-state index in [4.69, 9.17) is 0 Å². The number of hydrogen-bond acceptors (Lipinski definition) is 5. The zero-order valence-corrected chi connectivity index (χ0v) is 21.8. The van der Waals surface area contributed by atoms with E-state index in [-0.39, 0.29) is 12.8 Å². The van der Waals surface area contributed by atoms with Crippen molar-refractivity contribution in [2.24, 2.45) is 5.41 Å². The second kappa shape index (κ2) is 9.38. The van der Waals surface area contributed by atoms with E-state index in [0.717, 1.165) is 47.1 Å². The molecule has 3 aromatic rings. The van der Waals surface area contributed by atoms with Crippen LogP contribution in [0, 0.1) is 5.41 Å². The van der Waals surface area contributed by atoms with E-state index in [1.165, 1.54) is 25.7 Å². The first kappa shape index (κ1) is 24.3. The third-order valence-electron chi connectivity index (χ3n) is 8.10. The fourth-order valence-electron chi connectivity index (χ4n) is 5.58. The number of piperidine rings is 2. The Kier molecular flexibility index (Phi) is 6.17. The molecule has 7 nitrogen and oxygen atoms in total. The molecule has 1 saturated carbocycles. The Balaban J connectivity index is 1.27. The van der Waals surface area contributed by atoms with Gasteiger partial charge in [-0.2, -0.15) is 0 Å². The molecule has 196 valence electrons. The lowest BCUT2D eigenvalue weighted by Crippen LogP contribution is -2.39. The van der Waals surface area contributed by atoms with Gasteiger partial charge in [0.2, 0.25) is 0 Å². The van der Waals surface area contributed by atoms with Gasteiger partial charge in [0.05, 0.1) is 11.9 Å². The minimum atomic E-state index is -2.57. The largest absolute Gasteiger partial charge is 0.371 e. The summed E-state index contributed by atoms with van der Waals surface area (Å²) in [5.41, 5.74) is 5.95. The van der Waals surface area contributed by atoms with Gasteiger partial charge in [-0.25, -0.2) is 17.7 Å². The molecule has 0 bridgehead atoms. The average Bonchev–Trinajstić information content (AvgIpc) is 3.44. The number of rotatable bonds is 6. The minimum absolute atomic E-state index is 0.123. The molecule has 2 saturated heterocycles. The molecule has 1 N–H and O–H groups in total. The molecule has 3 aliphatic rings. The molecular weight excluding hydrogens is 494 g/mol. The van der Waals surface area contributed by atoms with Gasteiger partial charge in [-0.15, -0.1) is 5.10 Å². The molecule has 6 rings (SSSR count). The lowest BCUT2D eigenvalue weighted by atomic mass is 9.93. The topological polar surface area (TPSA) is 66.3 Å². The highest BCUT2D eigenvalue weighted by atomic mass is 32.2. The van der Waals surface area contributed by atoms with Crippen LogP contribution in [0.15, 0.2) is 48.7 Å². The van der Waals surface area contributed by atoms with E-state index in [1.807, 2.05) is 47.5 Å². The van der Waals surface area contributed by atoms with E-state index in [2.05, 4.69) is 26.0 Å². The third-order valence-corrected chi connectivity index (χ3v) is 8.63. The van der Waals surface area contributed by atoms with Crippen LogP contribution in [0.4, 0.5) is 25.8 Å². The van der Waals surface area contributed by atoms with E-state index in [9.17, 15) is 13.0 Å². The first-order chi connectivity index (χ1) is 17.8. The summed E-state index contributed by atoms with van der Waals surface area (Å²) in [4.78, 5) is 4.41. The second-order valence-electron chi connectivity index (χ2n) is 10.7. The third kappa shape index (κ3) is 5.21. The van der Waals surface area contributed by atoms with Crippen molar-refractivity contribution in [3.05, 3.63) is 48.7 Å². The average molecular weight is 527 g/mol.